The lowest BCUT2D eigenvalue weighted by atomic mass is 9.65. The minimum atomic E-state index is -0.349. The van der Waals surface area contributed by atoms with E-state index >= 15 is 0 Å². The molecule has 1 aliphatic carbocycles. The molecule has 3 nitrogen and oxygen atoms in total. The Kier molecular flexibility index (Phi) is 3.99. The van der Waals surface area contributed by atoms with Crippen LogP contribution in [0.15, 0.2) is 24.3 Å². The molecule has 3 heteroatoms. The third kappa shape index (κ3) is 2.23. The summed E-state index contributed by atoms with van der Waals surface area (Å²) < 4.78 is 5.75. The normalized spacial score (nSPS) is 28.5. The second kappa shape index (κ2) is 5.74. The Morgan fingerprint density at radius 3 is 2.75 bits per heavy atom. The van der Waals surface area contributed by atoms with Crippen LogP contribution < -0.4 is 10.5 Å². The van der Waals surface area contributed by atoms with Gasteiger partial charge in [-0.15, -0.1) is 0 Å². The monoisotopic (exact) mass is 275 g/mol. The number of hydrogen-bond donors (Lipinski definition) is 2. The van der Waals surface area contributed by atoms with E-state index in [4.69, 9.17) is 10.5 Å². The summed E-state index contributed by atoms with van der Waals surface area (Å²) in [7, 11) is 0. The van der Waals surface area contributed by atoms with Gasteiger partial charge in [0.2, 0.25) is 0 Å². The minimum Gasteiger partial charge on any atom is -0.493 e. The minimum absolute atomic E-state index is 0.323. The summed E-state index contributed by atoms with van der Waals surface area (Å²) >= 11 is 0. The van der Waals surface area contributed by atoms with Crippen LogP contribution in [0.2, 0.25) is 0 Å². The molecule has 1 aromatic rings. The molecule has 0 bridgehead atoms. The van der Waals surface area contributed by atoms with E-state index in [1.54, 1.807) is 0 Å². The van der Waals surface area contributed by atoms with Crippen molar-refractivity contribution in [2.24, 2.45) is 11.7 Å². The van der Waals surface area contributed by atoms with E-state index in [0.717, 1.165) is 30.6 Å². The molecule has 0 aromatic heterocycles. The summed E-state index contributed by atoms with van der Waals surface area (Å²) in [6, 6.07) is 8.07. The van der Waals surface area contributed by atoms with E-state index in [9.17, 15) is 5.11 Å². The molecule has 0 saturated heterocycles. The largest absolute Gasteiger partial charge is 0.493 e. The standard InChI is InChI=1S/C17H25NO2/c18-12-17(16(19)13-6-2-1-3-7-13)10-11-20-15-9-5-4-8-14(15)17/h4-5,8-9,13,16,19H,1-3,6-7,10-12,18H2. The van der Waals surface area contributed by atoms with Gasteiger partial charge in [-0.25, -0.2) is 0 Å². The van der Waals surface area contributed by atoms with Gasteiger partial charge in [0.15, 0.2) is 0 Å². The first-order valence-corrected chi connectivity index (χ1v) is 7.88. The second-order valence-electron chi connectivity index (χ2n) is 6.30. The third-order valence-electron chi connectivity index (χ3n) is 5.26. The summed E-state index contributed by atoms with van der Waals surface area (Å²) in [6.45, 7) is 1.14. The van der Waals surface area contributed by atoms with Gasteiger partial charge in [-0.1, -0.05) is 37.5 Å². The number of rotatable bonds is 3. The van der Waals surface area contributed by atoms with Gasteiger partial charge in [0, 0.05) is 17.5 Å². The van der Waals surface area contributed by atoms with Gasteiger partial charge in [-0.2, -0.15) is 0 Å². The lowest BCUT2D eigenvalue weighted by Crippen LogP contribution is -2.52. The summed E-state index contributed by atoms with van der Waals surface area (Å²) in [5.41, 5.74) is 6.93. The molecular formula is C17H25NO2. The van der Waals surface area contributed by atoms with E-state index in [0.29, 0.717) is 19.1 Å². The number of hydrogen-bond acceptors (Lipinski definition) is 3. The Morgan fingerprint density at radius 1 is 1.25 bits per heavy atom. The lowest BCUT2D eigenvalue weighted by molar-refractivity contribution is -0.00237. The maximum absolute atomic E-state index is 11.1. The maximum Gasteiger partial charge on any atom is 0.123 e. The molecule has 2 unspecified atom stereocenters. The topological polar surface area (TPSA) is 55.5 Å². The van der Waals surface area contributed by atoms with Crippen molar-refractivity contribution in [3.05, 3.63) is 29.8 Å². The van der Waals surface area contributed by atoms with Crippen molar-refractivity contribution in [3.63, 3.8) is 0 Å². The highest BCUT2D eigenvalue weighted by molar-refractivity contribution is 5.43. The predicted molar refractivity (Wildman–Crippen MR) is 79.9 cm³/mol. The van der Waals surface area contributed by atoms with E-state index in [1.165, 1.54) is 19.3 Å². The second-order valence-corrected chi connectivity index (χ2v) is 6.30. The van der Waals surface area contributed by atoms with E-state index < -0.39 is 0 Å². The fourth-order valence-corrected chi connectivity index (χ4v) is 4.02. The molecule has 0 amide bonds. The van der Waals surface area contributed by atoms with Crippen molar-refractivity contribution in [3.8, 4) is 5.75 Å². The molecule has 3 N–H and O–H groups in total. The summed E-state index contributed by atoms with van der Waals surface area (Å²) in [4.78, 5) is 0. The number of benzene rings is 1. The van der Waals surface area contributed by atoms with Crippen LogP contribution in [-0.4, -0.2) is 24.4 Å². The van der Waals surface area contributed by atoms with Crippen LogP contribution in [-0.2, 0) is 5.41 Å². The molecular weight excluding hydrogens is 250 g/mol. The SMILES string of the molecule is NCC1(C(O)C2CCCCC2)CCOc2ccccc21. The van der Waals surface area contributed by atoms with Crippen molar-refractivity contribution < 1.29 is 9.84 Å². The first-order chi connectivity index (χ1) is 9.78. The van der Waals surface area contributed by atoms with Gasteiger partial charge in [0.1, 0.15) is 5.75 Å². The van der Waals surface area contributed by atoms with Crippen LogP contribution in [0.3, 0.4) is 0 Å². The van der Waals surface area contributed by atoms with Crippen LogP contribution in [0.25, 0.3) is 0 Å². The van der Waals surface area contributed by atoms with E-state index in [1.807, 2.05) is 18.2 Å². The van der Waals surface area contributed by atoms with Gasteiger partial charge < -0.3 is 15.6 Å². The fourth-order valence-electron chi connectivity index (χ4n) is 4.02. The Morgan fingerprint density at radius 2 is 2.00 bits per heavy atom. The molecule has 1 saturated carbocycles. The highest BCUT2D eigenvalue weighted by Gasteiger charge is 2.45. The van der Waals surface area contributed by atoms with Crippen LogP contribution >= 0.6 is 0 Å². The first-order valence-electron chi connectivity index (χ1n) is 7.88. The lowest BCUT2D eigenvalue weighted by Gasteiger charge is -2.45. The van der Waals surface area contributed by atoms with Crippen LogP contribution in [0.5, 0.6) is 5.75 Å². The summed E-state index contributed by atoms with van der Waals surface area (Å²) in [5.74, 6) is 1.29. The van der Waals surface area contributed by atoms with Crippen molar-refractivity contribution in [1.29, 1.82) is 0 Å². The molecule has 110 valence electrons. The van der Waals surface area contributed by atoms with Crippen LogP contribution in [0.4, 0.5) is 0 Å². The maximum atomic E-state index is 11.1. The quantitative estimate of drug-likeness (QED) is 0.891. The number of fused-ring (bicyclic) bond motifs is 1. The van der Waals surface area contributed by atoms with Crippen molar-refractivity contribution >= 4 is 0 Å². The van der Waals surface area contributed by atoms with Gasteiger partial charge in [0.25, 0.3) is 0 Å². The Bertz CT molecular complexity index is 456. The Hall–Kier alpha value is -1.06. The summed E-state index contributed by atoms with van der Waals surface area (Å²) in [6.07, 6.45) is 6.51. The highest BCUT2D eigenvalue weighted by atomic mass is 16.5. The average molecular weight is 275 g/mol. The molecule has 1 fully saturated rings. The molecule has 0 radical (unpaired) electrons. The molecule has 0 spiro atoms. The van der Waals surface area contributed by atoms with Crippen LogP contribution in [0.1, 0.15) is 44.1 Å². The smallest absolute Gasteiger partial charge is 0.123 e. The van der Waals surface area contributed by atoms with Gasteiger partial charge >= 0.3 is 0 Å². The fraction of sp³-hybridized carbons (Fsp3) is 0.647. The third-order valence-corrected chi connectivity index (χ3v) is 5.26. The number of nitrogens with two attached hydrogens (primary N) is 1. The molecule has 3 rings (SSSR count). The van der Waals surface area contributed by atoms with Crippen LogP contribution in [0, 0.1) is 5.92 Å². The molecule has 2 atom stereocenters. The molecule has 1 aromatic carbocycles. The predicted octanol–water partition coefficient (Wildman–Crippen LogP) is 2.61. The van der Waals surface area contributed by atoms with E-state index in [2.05, 4.69) is 6.07 Å². The van der Waals surface area contributed by atoms with E-state index in [-0.39, 0.29) is 11.5 Å². The molecule has 1 heterocycles. The Labute approximate surface area is 121 Å². The van der Waals surface area contributed by atoms with Crippen molar-refractivity contribution in [1.82, 2.24) is 0 Å². The molecule has 20 heavy (non-hydrogen) atoms. The number of para-hydroxylation sites is 1. The van der Waals surface area contributed by atoms with Gasteiger partial charge in [-0.3, -0.25) is 0 Å². The van der Waals surface area contributed by atoms with Crippen molar-refractivity contribution in [2.45, 2.75) is 50.0 Å². The molecule has 2 aliphatic rings. The zero-order valence-electron chi connectivity index (χ0n) is 12.1. The van der Waals surface area contributed by atoms with Gasteiger partial charge in [0.05, 0.1) is 12.7 Å². The first kappa shape index (κ1) is 13.9. The number of aliphatic hydroxyl groups excluding tert-OH is 1. The summed E-state index contributed by atoms with van der Waals surface area (Å²) in [5, 5.41) is 11.1. The van der Waals surface area contributed by atoms with Crippen molar-refractivity contribution in [2.75, 3.05) is 13.2 Å². The average Bonchev–Trinajstić information content (AvgIpc) is 2.54. The zero-order valence-corrected chi connectivity index (χ0v) is 12.1. The Balaban J connectivity index is 1.95. The number of aliphatic hydroxyl groups is 1. The highest BCUT2D eigenvalue weighted by Crippen LogP contribution is 2.44. The zero-order chi connectivity index (χ0) is 14.0. The number of ether oxygens (including phenoxy) is 1. The van der Waals surface area contributed by atoms with Gasteiger partial charge in [-0.05, 0) is 31.2 Å². The molecule has 1 aliphatic heterocycles.